The minimum Gasteiger partial charge on any atom is -0.497 e. The lowest BCUT2D eigenvalue weighted by molar-refractivity contribution is 0.415. The van der Waals surface area contributed by atoms with Gasteiger partial charge in [0.15, 0.2) is 5.65 Å². The molecular formula is C19H22N4O. The summed E-state index contributed by atoms with van der Waals surface area (Å²) in [6.07, 6.45) is 4.32. The fraction of sp³-hybridized carbons (Fsp3) is 0.368. The van der Waals surface area contributed by atoms with Gasteiger partial charge >= 0.3 is 0 Å². The number of aryl methyl sites for hydroxylation is 1. The number of methoxy groups -OCH3 is 1. The molecule has 1 aliphatic rings. The minimum atomic E-state index is 0.493. The molecule has 124 valence electrons. The fourth-order valence-corrected chi connectivity index (χ4v) is 3.58. The molecule has 1 aliphatic heterocycles. The Morgan fingerprint density at radius 3 is 2.75 bits per heavy atom. The molecule has 0 spiro atoms. The number of rotatable bonds is 3. The Morgan fingerprint density at radius 1 is 1.21 bits per heavy atom. The molecule has 1 N–H and O–H groups in total. The largest absolute Gasteiger partial charge is 0.497 e. The van der Waals surface area contributed by atoms with Crippen molar-refractivity contribution in [2.45, 2.75) is 25.7 Å². The number of hydrogen-bond donors (Lipinski definition) is 1. The molecule has 3 heterocycles. The number of benzene rings is 1. The molecule has 1 unspecified atom stereocenters. The Balaban J connectivity index is 1.83. The van der Waals surface area contributed by atoms with Crippen LogP contribution in [0.4, 0.5) is 0 Å². The van der Waals surface area contributed by atoms with E-state index in [1.54, 1.807) is 7.11 Å². The van der Waals surface area contributed by atoms with Crippen molar-refractivity contribution in [1.82, 2.24) is 19.9 Å². The zero-order chi connectivity index (χ0) is 16.5. The molecule has 0 bridgehead atoms. The Hall–Kier alpha value is -2.40. The van der Waals surface area contributed by atoms with Gasteiger partial charge in [-0.05, 0) is 50.1 Å². The van der Waals surface area contributed by atoms with Crippen LogP contribution in [0.3, 0.4) is 0 Å². The van der Waals surface area contributed by atoms with Crippen molar-refractivity contribution in [3.05, 3.63) is 47.9 Å². The lowest BCUT2D eigenvalue weighted by Gasteiger charge is -2.23. The minimum absolute atomic E-state index is 0.493. The zero-order valence-electron chi connectivity index (χ0n) is 14.1. The van der Waals surface area contributed by atoms with Crippen LogP contribution in [0.5, 0.6) is 5.75 Å². The van der Waals surface area contributed by atoms with Crippen LogP contribution in [0.2, 0.25) is 0 Å². The van der Waals surface area contributed by atoms with Crippen molar-refractivity contribution in [3.63, 3.8) is 0 Å². The summed E-state index contributed by atoms with van der Waals surface area (Å²) in [6.45, 7) is 4.17. The van der Waals surface area contributed by atoms with E-state index >= 15 is 0 Å². The highest BCUT2D eigenvalue weighted by molar-refractivity contribution is 5.80. The van der Waals surface area contributed by atoms with Gasteiger partial charge in [-0.3, -0.25) is 0 Å². The Morgan fingerprint density at radius 2 is 2.04 bits per heavy atom. The van der Waals surface area contributed by atoms with Crippen LogP contribution < -0.4 is 10.1 Å². The van der Waals surface area contributed by atoms with Gasteiger partial charge in [-0.1, -0.05) is 12.1 Å². The number of piperidine rings is 1. The fourth-order valence-electron chi connectivity index (χ4n) is 3.58. The molecule has 3 aromatic rings. The quantitative estimate of drug-likeness (QED) is 0.805. The van der Waals surface area contributed by atoms with Gasteiger partial charge in [0.2, 0.25) is 0 Å². The van der Waals surface area contributed by atoms with Crippen molar-refractivity contribution in [2.24, 2.45) is 0 Å². The summed E-state index contributed by atoms with van der Waals surface area (Å²) in [6, 6.07) is 10.2. The van der Waals surface area contributed by atoms with E-state index in [1.165, 1.54) is 18.5 Å². The van der Waals surface area contributed by atoms with Gasteiger partial charge in [-0.15, -0.1) is 0 Å². The van der Waals surface area contributed by atoms with E-state index in [1.807, 2.05) is 22.8 Å². The Bertz CT molecular complexity index is 848. The highest BCUT2D eigenvalue weighted by Crippen LogP contribution is 2.31. The zero-order valence-corrected chi connectivity index (χ0v) is 14.1. The van der Waals surface area contributed by atoms with Crippen molar-refractivity contribution < 1.29 is 4.74 Å². The van der Waals surface area contributed by atoms with E-state index in [0.717, 1.165) is 41.3 Å². The number of hydrogen-bond acceptors (Lipinski definition) is 4. The van der Waals surface area contributed by atoms with Gasteiger partial charge in [0.05, 0.1) is 18.5 Å². The standard InChI is InChI=1S/C19H22N4O/c1-13-18(14-5-7-16(24-2)8-6-14)19-21-11-9-17(23(19)22-13)15-4-3-10-20-12-15/h5-9,11,15,20H,3-4,10,12H2,1-2H3. The van der Waals surface area contributed by atoms with Gasteiger partial charge in [-0.2, -0.15) is 5.10 Å². The van der Waals surface area contributed by atoms with Crippen molar-refractivity contribution in [1.29, 1.82) is 0 Å². The number of nitrogens with zero attached hydrogens (tertiary/aromatic N) is 3. The number of aromatic nitrogens is 3. The van der Waals surface area contributed by atoms with E-state index < -0.39 is 0 Å². The predicted octanol–water partition coefficient (Wildman–Crippen LogP) is 3.18. The van der Waals surface area contributed by atoms with Crippen LogP contribution in [0, 0.1) is 6.92 Å². The Kier molecular flexibility index (Phi) is 3.94. The molecule has 0 saturated carbocycles. The summed E-state index contributed by atoms with van der Waals surface area (Å²) >= 11 is 0. The van der Waals surface area contributed by atoms with Gasteiger partial charge < -0.3 is 10.1 Å². The second-order valence-corrected chi connectivity index (χ2v) is 6.34. The lowest BCUT2D eigenvalue weighted by Crippen LogP contribution is -2.29. The van der Waals surface area contributed by atoms with Crippen molar-refractivity contribution in [2.75, 3.05) is 20.2 Å². The predicted molar refractivity (Wildman–Crippen MR) is 94.6 cm³/mol. The summed E-state index contributed by atoms with van der Waals surface area (Å²) in [4.78, 5) is 4.63. The molecule has 5 nitrogen and oxygen atoms in total. The van der Waals surface area contributed by atoms with Crippen LogP contribution >= 0.6 is 0 Å². The molecule has 1 aromatic carbocycles. The SMILES string of the molecule is COc1ccc(-c2c(C)nn3c(C4CCCNC4)ccnc23)cc1. The molecule has 4 rings (SSSR count). The van der Waals surface area contributed by atoms with Crippen LogP contribution in [0.15, 0.2) is 36.5 Å². The van der Waals surface area contributed by atoms with Crippen molar-refractivity contribution >= 4 is 5.65 Å². The topological polar surface area (TPSA) is 51.5 Å². The maximum absolute atomic E-state index is 5.26. The first-order chi connectivity index (χ1) is 11.8. The number of nitrogens with one attached hydrogen (secondary N) is 1. The van der Waals surface area contributed by atoms with E-state index in [-0.39, 0.29) is 0 Å². The molecule has 1 atom stereocenters. The third-order valence-electron chi connectivity index (χ3n) is 4.82. The molecule has 0 radical (unpaired) electrons. The molecule has 2 aromatic heterocycles. The summed E-state index contributed by atoms with van der Waals surface area (Å²) < 4.78 is 7.29. The first-order valence-corrected chi connectivity index (χ1v) is 8.47. The number of ether oxygens (including phenoxy) is 1. The van der Waals surface area contributed by atoms with E-state index in [2.05, 4.69) is 35.4 Å². The average molecular weight is 322 g/mol. The highest BCUT2D eigenvalue weighted by atomic mass is 16.5. The highest BCUT2D eigenvalue weighted by Gasteiger charge is 2.21. The normalized spacial score (nSPS) is 18.0. The van der Waals surface area contributed by atoms with E-state index in [9.17, 15) is 0 Å². The van der Waals surface area contributed by atoms with Gasteiger partial charge in [0.1, 0.15) is 5.75 Å². The van der Waals surface area contributed by atoms with Gasteiger partial charge in [-0.25, -0.2) is 9.50 Å². The molecule has 5 heteroatoms. The van der Waals surface area contributed by atoms with Crippen LogP contribution in [-0.4, -0.2) is 34.8 Å². The summed E-state index contributed by atoms with van der Waals surface area (Å²) in [5.41, 5.74) is 5.40. The monoisotopic (exact) mass is 322 g/mol. The summed E-state index contributed by atoms with van der Waals surface area (Å²) in [5, 5.41) is 8.29. The van der Waals surface area contributed by atoms with Crippen LogP contribution in [0.25, 0.3) is 16.8 Å². The first-order valence-electron chi connectivity index (χ1n) is 8.47. The van der Waals surface area contributed by atoms with E-state index in [4.69, 9.17) is 9.84 Å². The lowest BCUT2D eigenvalue weighted by atomic mass is 9.96. The maximum atomic E-state index is 5.26. The van der Waals surface area contributed by atoms with Gasteiger partial charge in [0, 0.05) is 24.2 Å². The first kappa shape index (κ1) is 15.1. The third-order valence-corrected chi connectivity index (χ3v) is 4.82. The smallest absolute Gasteiger partial charge is 0.163 e. The molecule has 0 aliphatic carbocycles. The molecule has 0 amide bonds. The third kappa shape index (κ3) is 2.55. The van der Waals surface area contributed by atoms with Crippen molar-refractivity contribution in [3.8, 4) is 16.9 Å². The van der Waals surface area contributed by atoms with Gasteiger partial charge in [0.25, 0.3) is 0 Å². The molecular weight excluding hydrogens is 300 g/mol. The summed E-state index contributed by atoms with van der Waals surface area (Å²) in [7, 11) is 1.68. The van der Waals surface area contributed by atoms with Crippen LogP contribution in [0.1, 0.15) is 30.1 Å². The number of fused-ring (bicyclic) bond motifs is 1. The van der Waals surface area contributed by atoms with Crippen LogP contribution in [-0.2, 0) is 0 Å². The second kappa shape index (κ2) is 6.24. The van der Waals surface area contributed by atoms with E-state index in [0.29, 0.717) is 5.92 Å². The molecule has 1 fully saturated rings. The second-order valence-electron chi connectivity index (χ2n) is 6.34. The molecule has 1 saturated heterocycles. The Labute approximate surface area is 141 Å². The molecule has 24 heavy (non-hydrogen) atoms. The summed E-state index contributed by atoms with van der Waals surface area (Å²) in [5.74, 6) is 1.35. The maximum Gasteiger partial charge on any atom is 0.163 e. The average Bonchev–Trinajstić information content (AvgIpc) is 2.98.